The van der Waals surface area contributed by atoms with Gasteiger partial charge in [0.2, 0.25) is 5.28 Å². The number of nitrogens with zero attached hydrogens (tertiary/aromatic N) is 4. The van der Waals surface area contributed by atoms with Gasteiger partial charge in [0.15, 0.2) is 5.65 Å². The van der Waals surface area contributed by atoms with E-state index in [0.717, 1.165) is 36.7 Å². The van der Waals surface area contributed by atoms with Crippen molar-refractivity contribution >= 4 is 28.6 Å². The van der Waals surface area contributed by atoms with Gasteiger partial charge in [-0.25, -0.2) is 9.67 Å². The first-order valence-corrected chi connectivity index (χ1v) is 7.00. The average molecular weight is 295 g/mol. The van der Waals surface area contributed by atoms with Crippen LogP contribution in [0.5, 0.6) is 0 Å². The third-order valence-corrected chi connectivity index (χ3v) is 4.01. The van der Waals surface area contributed by atoms with Crippen LogP contribution in [-0.4, -0.2) is 32.8 Å². The molecule has 0 aliphatic heterocycles. The summed E-state index contributed by atoms with van der Waals surface area (Å²) in [5, 5.41) is 5.45. The zero-order chi connectivity index (χ0) is 14.1. The number of carbonyl (C=O) groups excluding carboxylic acids is 1. The summed E-state index contributed by atoms with van der Waals surface area (Å²) in [6.07, 6.45) is 6.95. The maximum Gasteiger partial charge on any atom is 0.308 e. The predicted octanol–water partition coefficient (Wildman–Crippen LogP) is 2.38. The smallest absolute Gasteiger partial charge is 0.308 e. The molecule has 2 aromatic rings. The Balaban J connectivity index is 1.90. The molecule has 0 saturated heterocycles. The van der Waals surface area contributed by atoms with Crippen molar-refractivity contribution in [1.82, 2.24) is 19.7 Å². The summed E-state index contributed by atoms with van der Waals surface area (Å²) in [7, 11) is 1.43. The van der Waals surface area contributed by atoms with Crippen molar-refractivity contribution in [3.05, 3.63) is 17.7 Å². The third-order valence-electron chi connectivity index (χ3n) is 3.83. The minimum atomic E-state index is -0.140. The van der Waals surface area contributed by atoms with Gasteiger partial charge in [0.1, 0.15) is 0 Å². The topological polar surface area (TPSA) is 69.9 Å². The van der Waals surface area contributed by atoms with Crippen molar-refractivity contribution in [3.63, 3.8) is 0 Å². The van der Waals surface area contributed by atoms with Crippen molar-refractivity contribution < 1.29 is 9.53 Å². The minimum Gasteiger partial charge on any atom is -0.469 e. The molecule has 6 nitrogen and oxygen atoms in total. The number of aromatic nitrogens is 4. The molecule has 1 aliphatic rings. The van der Waals surface area contributed by atoms with Crippen molar-refractivity contribution in [3.8, 4) is 0 Å². The van der Waals surface area contributed by atoms with Gasteiger partial charge in [0, 0.05) is 6.20 Å². The summed E-state index contributed by atoms with van der Waals surface area (Å²) < 4.78 is 6.71. The van der Waals surface area contributed by atoms with Crippen LogP contribution in [0.1, 0.15) is 31.7 Å². The molecule has 0 radical (unpaired) electrons. The lowest BCUT2D eigenvalue weighted by Crippen LogP contribution is -2.26. The Bertz CT molecular complexity index is 642. The number of carbonyl (C=O) groups is 1. The molecular formula is C13H15ClN4O2. The third kappa shape index (κ3) is 2.35. The lowest BCUT2D eigenvalue weighted by Gasteiger charge is -2.27. The standard InChI is InChI=1S/C13H15ClN4O2/c1-20-12(19)8-3-2-4-10(5-8)18-11-9(7-16-18)6-15-13(14)17-11/h6-8,10H,2-5H2,1H3/t8-,10+/m0/s1. The molecule has 2 heterocycles. The Kier molecular flexibility index (Phi) is 3.56. The van der Waals surface area contributed by atoms with Gasteiger partial charge in [-0.1, -0.05) is 6.42 Å². The zero-order valence-corrected chi connectivity index (χ0v) is 11.9. The maximum atomic E-state index is 11.7. The number of hydrogen-bond acceptors (Lipinski definition) is 5. The molecule has 1 fully saturated rings. The van der Waals surface area contributed by atoms with Crippen molar-refractivity contribution in [2.75, 3.05) is 7.11 Å². The van der Waals surface area contributed by atoms with E-state index in [0.29, 0.717) is 0 Å². The van der Waals surface area contributed by atoms with E-state index in [-0.39, 0.29) is 23.2 Å². The molecule has 0 bridgehead atoms. The largest absolute Gasteiger partial charge is 0.469 e. The molecule has 0 spiro atoms. The summed E-state index contributed by atoms with van der Waals surface area (Å²) in [4.78, 5) is 19.9. The second-order valence-corrected chi connectivity index (χ2v) is 5.39. The summed E-state index contributed by atoms with van der Waals surface area (Å²) in [6, 6.07) is 0.149. The van der Waals surface area contributed by atoms with Crippen LogP contribution < -0.4 is 0 Å². The fourth-order valence-corrected chi connectivity index (χ4v) is 2.98. The molecule has 1 aliphatic carbocycles. The second-order valence-electron chi connectivity index (χ2n) is 5.05. The van der Waals surface area contributed by atoms with Gasteiger partial charge < -0.3 is 4.74 Å². The summed E-state index contributed by atoms with van der Waals surface area (Å²) in [5.74, 6) is -0.200. The Labute approximate surface area is 121 Å². The molecule has 3 rings (SSSR count). The first-order chi connectivity index (χ1) is 9.69. The summed E-state index contributed by atoms with van der Waals surface area (Å²) in [5.41, 5.74) is 0.723. The fraction of sp³-hybridized carbons (Fsp3) is 0.538. The van der Waals surface area contributed by atoms with Crippen LogP contribution in [0.4, 0.5) is 0 Å². The number of hydrogen-bond donors (Lipinski definition) is 0. The number of esters is 1. The average Bonchev–Trinajstić information content (AvgIpc) is 2.89. The predicted molar refractivity (Wildman–Crippen MR) is 73.3 cm³/mol. The highest BCUT2D eigenvalue weighted by Gasteiger charge is 2.30. The van der Waals surface area contributed by atoms with Crippen molar-refractivity contribution in [2.24, 2.45) is 5.92 Å². The molecule has 0 N–H and O–H groups in total. The monoisotopic (exact) mass is 294 g/mol. The first kappa shape index (κ1) is 13.3. The first-order valence-electron chi connectivity index (χ1n) is 6.62. The molecule has 7 heteroatoms. The van der Waals surface area contributed by atoms with Gasteiger partial charge in [-0.3, -0.25) is 4.79 Å². The molecule has 0 aromatic carbocycles. The normalized spacial score (nSPS) is 22.9. The number of halogens is 1. The molecule has 20 heavy (non-hydrogen) atoms. The second kappa shape index (κ2) is 5.36. The van der Waals surface area contributed by atoms with E-state index in [9.17, 15) is 4.79 Å². The SMILES string of the molecule is COC(=O)[C@H]1CCC[C@@H](n2ncc3cnc(Cl)nc32)C1. The fourth-order valence-electron chi connectivity index (χ4n) is 2.85. The van der Waals surface area contributed by atoms with Gasteiger partial charge in [0.25, 0.3) is 0 Å². The van der Waals surface area contributed by atoms with Crippen LogP contribution in [0.3, 0.4) is 0 Å². The molecule has 0 amide bonds. The Hall–Kier alpha value is -1.69. The molecule has 1 saturated carbocycles. The molecule has 0 unspecified atom stereocenters. The number of ether oxygens (including phenoxy) is 1. The Morgan fingerprint density at radius 2 is 2.30 bits per heavy atom. The number of methoxy groups -OCH3 is 1. The van der Waals surface area contributed by atoms with E-state index in [4.69, 9.17) is 16.3 Å². The quantitative estimate of drug-likeness (QED) is 0.628. The number of rotatable bonds is 2. The van der Waals surface area contributed by atoms with E-state index in [2.05, 4.69) is 15.1 Å². The maximum absolute atomic E-state index is 11.7. The van der Waals surface area contributed by atoms with Crippen molar-refractivity contribution in [1.29, 1.82) is 0 Å². The summed E-state index contributed by atoms with van der Waals surface area (Å²) >= 11 is 5.85. The molecule has 2 aromatic heterocycles. The van der Waals surface area contributed by atoms with Gasteiger partial charge in [0.05, 0.1) is 30.7 Å². The van der Waals surface area contributed by atoms with E-state index < -0.39 is 0 Å². The Morgan fingerprint density at radius 3 is 3.10 bits per heavy atom. The van der Waals surface area contributed by atoms with Crippen molar-refractivity contribution in [2.45, 2.75) is 31.7 Å². The van der Waals surface area contributed by atoms with Gasteiger partial charge in [-0.2, -0.15) is 10.1 Å². The van der Waals surface area contributed by atoms with Crippen LogP contribution in [0.15, 0.2) is 12.4 Å². The van der Waals surface area contributed by atoms with Crippen LogP contribution in [0.25, 0.3) is 11.0 Å². The van der Waals surface area contributed by atoms with E-state index in [1.165, 1.54) is 7.11 Å². The Morgan fingerprint density at radius 1 is 1.45 bits per heavy atom. The zero-order valence-electron chi connectivity index (χ0n) is 11.1. The molecule has 2 atom stereocenters. The van der Waals surface area contributed by atoms with Crippen LogP contribution >= 0.6 is 11.6 Å². The van der Waals surface area contributed by atoms with Crippen LogP contribution in [-0.2, 0) is 9.53 Å². The lowest BCUT2D eigenvalue weighted by atomic mass is 9.86. The minimum absolute atomic E-state index is 0.0599. The highest BCUT2D eigenvalue weighted by Crippen LogP contribution is 2.34. The van der Waals surface area contributed by atoms with Crippen LogP contribution in [0.2, 0.25) is 5.28 Å². The van der Waals surface area contributed by atoms with Crippen LogP contribution in [0, 0.1) is 5.92 Å². The summed E-state index contributed by atoms with van der Waals surface area (Å²) in [6.45, 7) is 0. The van der Waals surface area contributed by atoms with E-state index in [1.54, 1.807) is 12.4 Å². The number of fused-ring (bicyclic) bond motifs is 1. The molecule has 106 valence electrons. The highest BCUT2D eigenvalue weighted by atomic mass is 35.5. The molecular weight excluding hydrogens is 280 g/mol. The highest BCUT2D eigenvalue weighted by molar-refractivity contribution is 6.28. The van der Waals surface area contributed by atoms with Gasteiger partial charge >= 0.3 is 5.97 Å². The van der Waals surface area contributed by atoms with E-state index >= 15 is 0 Å². The van der Waals surface area contributed by atoms with Gasteiger partial charge in [-0.05, 0) is 30.9 Å². The van der Waals surface area contributed by atoms with E-state index in [1.807, 2.05) is 4.68 Å². The lowest BCUT2D eigenvalue weighted by molar-refractivity contribution is -0.147. The van der Waals surface area contributed by atoms with Gasteiger partial charge in [-0.15, -0.1) is 0 Å².